The van der Waals surface area contributed by atoms with Crippen LogP contribution in [0.1, 0.15) is 47.6 Å². The molecule has 2 aliphatic rings. The summed E-state index contributed by atoms with van der Waals surface area (Å²) in [6.45, 7) is 0.423. The second-order valence-electron chi connectivity index (χ2n) is 7.42. The Bertz CT molecular complexity index is 995. The Labute approximate surface area is 159 Å². The minimum absolute atomic E-state index is 0.0251. The SMILES string of the molecule is N#CC1(c2ccc(CN3CCC[C@H](c4ccccc4)S3(=O)=O)c(F)c2)CC1. The lowest BCUT2D eigenvalue weighted by molar-refractivity contribution is 0.355. The molecule has 0 radical (unpaired) electrons. The van der Waals surface area contributed by atoms with E-state index in [0.29, 0.717) is 24.1 Å². The normalized spacial score (nSPS) is 23.5. The van der Waals surface area contributed by atoms with Crippen molar-refractivity contribution in [2.45, 2.75) is 42.9 Å². The average molecular weight is 384 g/mol. The number of hydrogen-bond donors (Lipinski definition) is 0. The summed E-state index contributed by atoms with van der Waals surface area (Å²) in [5.74, 6) is -0.439. The van der Waals surface area contributed by atoms with Gasteiger partial charge >= 0.3 is 0 Å². The second kappa shape index (κ2) is 6.74. The first kappa shape index (κ1) is 18.1. The number of sulfonamides is 1. The maximum absolute atomic E-state index is 14.6. The molecular weight excluding hydrogens is 363 g/mol. The molecular formula is C21H21FN2O2S. The Morgan fingerprint density at radius 3 is 2.56 bits per heavy atom. The molecule has 140 valence electrons. The molecule has 1 atom stereocenters. The lowest BCUT2D eigenvalue weighted by atomic mass is 9.96. The molecule has 0 aromatic heterocycles. The third kappa shape index (κ3) is 3.26. The van der Waals surface area contributed by atoms with Gasteiger partial charge in [-0.3, -0.25) is 0 Å². The molecule has 0 bridgehead atoms. The molecule has 6 heteroatoms. The van der Waals surface area contributed by atoms with Crippen molar-refractivity contribution in [3.63, 3.8) is 0 Å². The molecule has 1 saturated carbocycles. The molecule has 0 spiro atoms. The van der Waals surface area contributed by atoms with E-state index in [4.69, 9.17) is 0 Å². The van der Waals surface area contributed by atoms with Crippen molar-refractivity contribution in [1.82, 2.24) is 4.31 Å². The van der Waals surface area contributed by atoms with E-state index in [-0.39, 0.29) is 6.54 Å². The Morgan fingerprint density at radius 1 is 1.19 bits per heavy atom. The third-order valence-electron chi connectivity index (χ3n) is 5.68. The molecule has 1 saturated heterocycles. The lowest BCUT2D eigenvalue weighted by Crippen LogP contribution is -2.39. The van der Waals surface area contributed by atoms with Crippen molar-refractivity contribution in [2.24, 2.45) is 0 Å². The summed E-state index contributed by atoms with van der Waals surface area (Å²) in [6.07, 6.45) is 2.83. The Hall–Kier alpha value is -2.23. The fraction of sp³-hybridized carbons (Fsp3) is 0.381. The fourth-order valence-electron chi connectivity index (χ4n) is 3.84. The number of benzene rings is 2. The first-order valence-electron chi connectivity index (χ1n) is 9.20. The van der Waals surface area contributed by atoms with Crippen LogP contribution < -0.4 is 0 Å². The molecule has 1 aliphatic carbocycles. The van der Waals surface area contributed by atoms with Gasteiger partial charge in [0.15, 0.2) is 0 Å². The summed E-state index contributed by atoms with van der Waals surface area (Å²) in [5.41, 5.74) is 1.28. The monoisotopic (exact) mass is 384 g/mol. The summed E-state index contributed by atoms with van der Waals surface area (Å²) in [7, 11) is -3.55. The lowest BCUT2D eigenvalue weighted by Gasteiger charge is -2.32. The van der Waals surface area contributed by atoms with E-state index in [1.165, 1.54) is 10.4 Å². The van der Waals surface area contributed by atoms with Crippen LogP contribution >= 0.6 is 0 Å². The molecule has 27 heavy (non-hydrogen) atoms. The van der Waals surface area contributed by atoms with Gasteiger partial charge < -0.3 is 0 Å². The Morgan fingerprint density at radius 2 is 1.93 bits per heavy atom. The van der Waals surface area contributed by atoms with E-state index in [9.17, 15) is 18.1 Å². The first-order valence-corrected chi connectivity index (χ1v) is 10.7. The minimum Gasteiger partial charge on any atom is -0.212 e. The number of nitrogens with zero attached hydrogens (tertiary/aromatic N) is 2. The maximum Gasteiger partial charge on any atom is 0.221 e. The zero-order valence-corrected chi connectivity index (χ0v) is 15.8. The van der Waals surface area contributed by atoms with Crippen LogP contribution in [0.4, 0.5) is 4.39 Å². The van der Waals surface area contributed by atoms with Crippen molar-refractivity contribution < 1.29 is 12.8 Å². The van der Waals surface area contributed by atoms with Gasteiger partial charge in [-0.15, -0.1) is 0 Å². The van der Waals surface area contributed by atoms with E-state index in [1.807, 2.05) is 30.3 Å². The van der Waals surface area contributed by atoms with Crippen LogP contribution in [-0.4, -0.2) is 19.3 Å². The van der Waals surface area contributed by atoms with Gasteiger partial charge in [-0.05, 0) is 42.9 Å². The van der Waals surface area contributed by atoms with Crippen molar-refractivity contribution >= 4 is 10.0 Å². The van der Waals surface area contributed by atoms with E-state index in [2.05, 4.69) is 6.07 Å². The fourth-order valence-corrected chi connectivity index (χ4v) is 5.87. The number of rotatable bonds is 4. The molecule has 1 aliphatic heterocycles. The van der Waals surface area contributed by atoms with E-state index in [0.717, 1.165) is 24.8 Å². The average Bonchev–Trinajstić information content (AvgIpc) is 3.46. The van der Waals surface area contributed by atoms with Gasteiger partial charge in [-0.2, -0.15) is 9.57 Å². The van der Waals surface area contributed by atoms with Crippen molar-refractivity contribution in [1.29, 1.82) is 5.26 Å². The van der Waals surface area contributed by atoms with Crippen molar-refractivity contribution in [3.8, 4) is 6.07 Å². The Balaban J connectivity index is 1.58. The molecule has 2 fully saturated rings. The van der Waals surface area contributed by atoms with E-state index in [1.54, 1.807) is 12.1 Å². The standard InChI is InChI=1S/C21H21FN2O2S/c22-19-13-18(21(15-23)10-11-21)9-8-17(19)14-24-12-4-7-20(27(24,25)26)16-5-2-1-3-6-16/h1-3,5-6,8-9,13,20H,4,7,10-12,14H2/t20-/m1/s1. The van der Waals surface area contributed by atoms with E-state index >= 15 is 0 Å². The van der Waals surface area contributed by atoms with Crippen molar-refractivity contribution in [2.75, 3.05) is 6.54 Å². The highest BCUT2D eigenvalue weighted by Gasteiger charge is 2.45. The van der Waals surface area contributed by atoms with Crippen LogP contribution in [-0.2, 0) is 22.0 Å². The highest BCUT2D eigenvalue weighted by molar-refractivity contribution is 7.89. The van der Waals surface area contributed by atoms with Gasteiger partial charge in [0.1, 0.15) is 11.1 Å². The van der Waals surface area contributed by atoms with Crippen LogP contribution in [0.3, 0.4) is 0 Å². The quantitative estimate of drug-likeness (QED) is 0.799. The summed E-state index contributed by atoms with van der Waals surface area (Å²) in [4.78, 5) is 0. The predicted molar refractivity (Wildman–Crippen MR) is 101 cm³/mol. The molecule has 2 aromatic carbocycles. The Kier molecular flexibility index (Phi) is 4.53. The summed E-state index contributed by atoms with van der Waals surface area (Å²) < 4.78 is 42.2. The third-order valence-corrected chi connectivity index (χ3v) is 7.94. The van der Waals surface area contributed by atoms with Crippen LogP contribution in [0.2, 0.25) is 0 Å². The molecule has 2 aromatic rings. The predicted octanol–water partition coefficient (Wildman–Crippen LogP) is 4.05. The maximum atomic E-state index is 14.6. The largest absolute Gasteiger partial charge is 0.221 e. The van der Waals surface area contributed by atoms with Crippen LogP contribution in [0, 0.1) is 17.1 Å². The van der Waals surface area contributed by atoms with Gasteiger partial charge in [0.2, 0.25) is 10.0 Å². The van der Waals surface area contributed by atoms with Crippen LogP contribution in [0.15, 0.2) is 48.5 Å². The van der Waals surface area contributed by atoms with Gasteiger partial charge in [-0.1, -0.05) is 42.5 Å². The van der Waals surface area contributed by atoms with Gasteiger partial charge in [0.25, 0.3) is 0 Å². The van der Waals surface area contributed by atoms with Crippen molar-refractivity contribution in [3.05, 3.63) is 71.0 Å². The second-order valence-corrected chi connectivity index (χ2v) is 9.54. The van der Waals surface area contributed by atoms with Crippen LogP contribution in [0.5, 0.6) is 0 Å². The molecule has 0 amide bonds. The first-order chi connectivity index (χ1) is 13.0. The highest BCUT2D eigenvalue weighted by Crippen LogP contribution is 2.47. The molecule has 1 heterocycles. The smallest absolute Gasteiger partial charge is 0.212 e. The minimum atomic E-state index is -3.55. The summed E-state index contributed by atoms with van der Waals surface area (Å²) in [6, 6.07) is 16.3. The van der Waals surface area contributed by atoms with E-state index < -0.39 is 26.5 Å². The summed E-state index contributed by atoms with van der Waals surface area (Å²) >= 11 is 0. The summed E-state index contributed by atoms with van der Waals surface area (Å²) in [5, 5.41) is 8.70. The van der Waals surface area contributed by atoms with Gasteiger partial charge in [0, 0.05) is 18.7 Å². The molecule has 4 nitrogen and oxygen atoms in total. The van der Waals surface area contributed by atoms with Gasteiger partial charge in [0.05, 0.1) is 11.5 Å². The zero-order chi connectivity index (χ0) is 19.1. The molecule has 0 unspecified atom stereocenters. The van der Waals surface area contributed by atoms with Crippen LogP contribution in [0.25, 0.3) is 0 Å². The topological polar surface area (TPSA) is 61.2 Å². The number of halogens is 1. The molecule has 4 rings (SSSR count). The number of hydrogen-bond acceptors (Lipinski definition) is 3. The number of nitriles is 1. The zero-order valence-electron chi connectivity index (χ0n) is 14.9. The molecule has 0 N–H and O–H groups in total. The van der Waals surface area contributed by atoms with Gasteiger partial charge in [-0.25, -0.2) is 12.8 Å². The highest BCUT2D eigenvalue weighted by atomic mass is 32.2.